The van der Waals surface area contributed by atoms with E-state index in [9.17, 15) is 9.59 Å². The highest BCUT2D eigenvalue weighted by Gasteiger charge is 2.33. The number of nitrogens with one attached hydrogen (secondary N) is 1. The van der Waals surface area contributed by atoms with Crippen molar-refractivity contribution < 1.29 is 9.59 Å². The summed E-state index contributed by atoms with van der Waals surface area (Å²) in [6, 6.07) is -0.500. The summed E-state index contributed by atoms with van der Waals surface area (Å²) in [7, 11) is 6.80. The van der Waals surface area contributed by atoms with Crippen LogP contribution >= 0.6 is 0 Å². The summed E-state index contributed by atoms with van der Waals surface area (Å²) in [5.41, 5.74) is 0. The summed E-state index contributed by atoms with van der Waals surface area (Å²) in [5, 5.41) is 3.13. The van der Waals surface area contributed by atoms with Crippen LogP contribution in [0.4, 0.5) is 4.79 Å². The number of amides is 3. The third kappa shape index (κ3) is 2.63. The van der Waals surface area contributed by atoms with Crippen molar-refractivity contribution in [3.05, 3.63) is 0 Å². The predicted octanol–water partition coefficient (Wildman–Crippen LogP) is -0.970. The quantitative estimate of drug-likeness (QED) is 0.628. The Morgan fingerprint density at radius 2 is 1.81 bits per heavy atom. The molecule has 0 saturated carbocycles. The molecule has 1 rings (SSSR count). The zero-order valence-corrected chi connectivity index (χ0v) is 10.4. The second-order valence-electron chi connectivity index (χ2n) is 4.32. The van der Waals surface area contributed by atoms with Gasteiger partial charge in [0.1, 0.15) is 6.04 Å². The maximum atomic E-state index is 11.9. The number of urea groups is 1. The Morgan fingerprint density at radius 1 is 1.19 bits per heavy atom. The molecular weight excluding hydrogens is 208 g/mol. The van der Waals surface area contributed by atoms with Gasteiger partial charge in [-0.25, -0.2) is 4.79 Å². The van der Waals surface area contributed by atoms with Gasteiger partial charge >= 0.3 is 6.03 Å². The normalized spacial score (nSPS) is 20.5. The van der Waals surface area contributed by atoms with Crippen LogP contribution in [0.15, 0.2) is 0 Å². The summed E-state index contributed by atoms with van der Waals surface area (Å²) in [6.45, 7) is 1.83. The van der Waals surface area contributed by atoms with Gasteiger partial charge in [0.2, 0.25) is 5.91 Å². The molecule has 1 heterocycles. The lowest BCUT2D eigenvalue weighted by molar-refractivity contribution is -0.134. The zero-order chi connectivity index (χ0) is 12.3. The first-order chi connectivity index (χ1) is 7.45. The van der Waals surface area contributed by atoms with Gasteiger partial charge in [-0.3, -0.25) is 4.79 Å². The van der Waals surface area contributed by atoms with Crippen molar-refractivity contribution in [1.29, 1.82) is 0 Å². The Morgan fingerprint density at radius 3 is 2.31 bits per heavy atom. The molecule has 0 aromatic carbocycles. The Bertz CT molecular complexity index is 250. The highest BCUT2D eigenvalue weighted by molar-refractivity contribution is 5.87. The van der Waals surface area contributed by atoms with Crippen LogP contribution in [-0.4, -0.2) is 80.5 Å². The number of hydrogen-bond donors (Lipinski definition) is 1. The van der Waals surface area contributed by atoms with Crippen LogP contribution in [0, 0.1) is 0 Å². The molecule has 1 aliphatic heterocycles. The van der Waals surface area contributed by atoms with Crippen molar-refractivity contribution in [2.45, 2.75) is 6.04 Å². The topological polar surface area (TPSA) is 55.9 Å². The van der Waals surface area contributed by atoms with Gasteiger partial charge in [0, 0.05) is 47.8 Å². The number of carbonyl (C=O) groups excluding carboxylic acids is 2. The fraction of sp³-hybridized carbons (Fsp3) is 0.800. The van der Waals surface area contributed by atoms with Crippen LogP contribution in [0.2, 0.25) is 0 Å². The maximum Gasteiger partial charge on any atom is 0.320 e. The number of hydrogen-bond acceptors (Lipinski definition) is 3. The van der Waals surface area contributed by atoms with E-state index in [1.807, 2.05) is 0 Å². The number of nitrogens with zero attached hydrogens (tertiary/aromatic N) is 3. The Labute approximate surface area is 96.2 Å². The van der Waals surface area contributed by atoms with Crippen LogP contribution in [0.1, 0.15) is 0 Å². The Hall–Kier alpha value is -1.30. The monoisotopic (exact) mass is 228 g/mol. The molecule has 16 heavy (non-hydrogen) atoms. The van der Waals surface area contributed by atoms with Crippen LogP contribution in [-0.2, 0) is 4.79 Å². The van der Waals surface area contributed by atoms with Gasteiger partial charge in [0.25, 0.3) is 0 Å². The van der Waals surface area contributed by atoms with Crippen molar-refractivity contribution in [2.24, 2.45) is 0 Å². The molecule has 3 amide bonds. The highest BCUT2D eigenvalue weighted by Crippen LogP contribution is 2.08. The van der Waals surface area contributed by atoms with Crippen molar-refractivity contribution in [3.63, 3.8) is 0 Å². The van der Waals surface area contributed by atoms with Gasteiger partial charge < -0.3 is 20.0 Å². The van der Waals surface area contributed by atoms with Gasteiger partial charge in [-0.15, -0.1) is 0 Å². The van der Waals surface area contributed by atoms with Gasteiger partial charge in [0.05, 0.1) is 0 Å². The molecule has 0 aromatic heterocycles. The minimum Gasteiger partial charge on any atom is -0.347 e. The van der Waals surface area contributed by atoms with E-state index >= 15 is 0 Å². The molecule has 6 heteroatoms. The summed E-state index contributed by atoms with van der Waals surface area (Å²) < 4.78 is 0. The molecule has 0 aliphatic carbocycles. The summed E-state index contributed by atoms with van der Waals surface area (Å²) in [6.07, 6.45) is 0. The average Bonchev–Trinajstić information content (AvgIpc) is 2.26. The first-order valence-corrected chi connectivity index (χ1v) is 5.35. The molecular formula is C10H20N4O2. The van der Waals surface area contributed by atoms with Crippen molar-refractivity contribution >= 4 is 11.9 Å². The number of piperazine rings is 1. The first kappa shape index (κ1) is 12.8. The van der Waals surface area contributed by atoms with Gasteiger partial charge in [0.15, 0.2) is 0 Å². The molecule has 1 unspecified atom stereocenters. The Balaban J connectivity index is 2.79. The Kier molecular flexibility index (Phi) is 4.12. The van der Waals surface area contributed by atoms with E-state index in [4.69, 9.17) is 0 Å². The van der Waals surface area contributed by atoms with E-state index in [0.717, 1.165) is 6.54 Å². The lowest BCUT2D eigenvalue weighted by Gasteiger charge is -2.37. The molecule has 0 spiro atoms. The molecule has 1 fully saturated rings. The third-order valence-electron chi connectivity index (χ3n) is 2.60. The van der Waals surface area contributed by atoms with Gasteiger partial charge in [-0.1, -0.05) is 0 Å². The fourth-order valence-electron chi connectivity index (χ4n) is 1.71. The number of likely N-dealkylation sites (N-methyl/N-ethyl adjacent to an activating group) is 1. The van der Waals surface area contributed by atoms with Crippen LogP contribution in [0.5, 0.6) is 0 Å². The summed E-state index contributed by atoms with van der Waals surface area (Å²) >= 11 is 0. The molecule has 0 radical (unpaired) electrons. The third-order valence-corrected chi connectivity index (χ3v) is 2.60. The second-order valence-corrected chi connectivity index (χ2v) is 4.32. The smallest absolute Gasteiger partial charge is 0.320 e. The molecule has 1 atom stereocenters. The minimum atomic E-state index is -0.390. The predicted molar refractivity (Wildman–Crippen MR) is 61.1 cm³/mol. The van der Waals surface area contributed by atoms with E-state index in [1.165, 1.54) is 9.80 Å². The summed E-state index contributed by atoms with van der Waals surface area (Å²) in [5.74, 6) is -0.0394. The molecule has 0 bridgehead atoms. The van der Waals surface area contributed by atoms with Crippen molar-refractivity contribution in [3.8, 4) is 0 Å². The van der Waals surface area contributed by atoms with Crippen molar-refractivity contribution in [1.82, 2.24) is 20.0 Å². The molecule has 0 aromatic rings. The second kappa shape index (κ2) is 5.16. The largest absolute Gasteiger partial charge is 0.347 e. The average molecular weight is 228 g/mol. The highest BCUT2D eigenvalue weighted by atomic mass is 16.2. The summed E-state index contributed by atoms with van der Waals surface area (Å²) in [4.78, 5) is 28.4. The molecule has 1 aliphatic rings. The van der Waals surface area contributed by atoms with E-state index in [-0.39, 0.29) is 11.9 Å². The van der Waals surface area contributed by atoms with Crippen LogP contribution < -0.4 is 5.32 Å². The first-order valence-electron chi connectivity index (χ1n) is 5.35. The number of carbonyl (C=O) groups is 2. The van der Waals surface area contributed by atoms with E-state index < -0.39 is 6.04 Å². The minimum absolute atomic E-state index is 0.0394. The molecule has 92 valence electrons. The fourth-order valence-corrected chi connectivity index (χ4v) is 1.71. The zero-order valence-electron chi connectivity index (χ0n) is 10.4. The lowest BCUT2D eigenvalue weighted by atomic mass is 10.2. The SMILES string of the molecule is CN(C)C(=O)C1CNCCN1C(=O)N(C)C. The van der Waals surface area contributed by atoms with Crippen molar-refractivity contribution in [2.75, 3.05) is 47.8 Å². The van der Waals surface area contributed by atoms with Crippen LogP contribution in [0.3, 0.4) is 0 Å². The molecule has 1 N–H and O–H groups in total. The number of rotatable bonds is 1. The van der Waals surface area contributed by atoms with Gasteiger partial charge in [-0.2, -0.15) is 0 Å². The maximum absolute atomic E-state index is 11.9. The molecule has 6 nitrogen and oxygen atoms in total. The van der Waals surface area contributed by atoms with E-state index in [1.54, 1.807) is 33.1 Å². The van der Waals surface area contributed by atoms with Gasteiger partial charge in [-0.05, 0) is 0 Å². The standard InChI is InChI=1S/C10H20N4O2/c1-12(2)9(15)8-7-11-5-6-14(8)10(16)13(3)4/h8,11H,5-7H2,1-4H3. The van der Waals surface area contributed by atoms with E-state index in [0.29, 0.717) is 13.1 Å². The van der Waals surface area contributed by atoms with E-state index in [2.05, 4.69) is 5.32 Å². The van der Waals surface area contributed by atoms with Crippen LogP contribution in [0.25, 0.3) is 0 Å². The molecule has 1 saturated heterocycles. The lowest BCUT2D eigenvalue weighted by Crippen LogP contribution is -2.61.